The summed E-state index contributed by atoms with van der Waals surface area (Å²) in [6, 6.07) is 1.47. The van der Waals surface area contributed by atoms with E-state index in [-0.39, 0.29) is 10.6 Å². The van der Waals surface area contributed by atoms with Crippen molar-refractivity contribution in [3.8, 4) is 0 Å². The molecule has 2 aromatic heterocycles. The predicted octanol–water partition coefficient (Wildman–Crippen LogP) is 1.10. The highest BCUT2D eigenvalue weighted by atomic mass is 35.5. The van der Waals surface area contributed by atoms with Gasteiger partial charge in [0.2, 0.25) is 0 Å². The summed E-state index contributed by atoms with van der Waals surface area (Å²) in [5, 5.41) is 9.10. The average molecular weight is 336 g/mol. The van der Waals surface area contributed by atoms with Crippen molar-refractivity contribution in [2.24, 2.45) is 0 Å². The zero-order valence-electron chi connectivity index (χ0n) is 9.91. The summed E-state index contributed by atoms with van der Waals surface area (Å²) < 4.78 is 26.5. The third kappa shape index (κ3) is 3.57. The Labute approximate surface area is 123 Å². The molecule has 3 N–H and O–H groups in total. The maximum Gasteiger partial charge on any atom is 0.322 e. The number of nitrogens with one attached hydrogen (secondary N) is 2. The van der Waals surface area contributed by atoms with Crippen molar-refractivity contribution in [2.75, 3.05) is 0 Å². The van der Waals surface area contributed by atoms with E-state index in [1.54, 1.807) is 0 Å². The summed E-state index contributed by atoms with van der Waals surface area (Å²) in [6.07, 6.45) is 2.79. The minimum Gasteiger partial charge on any atom is -0.480 e. The van der Waals surface area contributed by atoms with Crippen LogP contribution in [-0.4, -0.2) is 35.5 Å². The van der Waals surface area contributed by atoms with Crippen LogP contribution in [0.1, 0.15) is 5.69 Å². The predicted molar refractivity (Wildman–Crippen MR) is 73.4 cm³/mol. The maximum absolute atomic E-state index is 12.0. The number of aromatic nitrogens is 2. The number of rotatable bonds is 6. The number of thiophene rings is 1. The SMILES string of the molecule is O=C(O)C(Cc1cnc[nH]1)NS(=O)(=O)c1ccc(Cl)s1. The first-order valence-electron chi connectivity index (χ1n) is 5.36. The molecule has 2 aromatic rings. The Kier molecular flexibility index (Phi) is 4.43. The zero-order chi connectivity index (χ0) is 14.8. The second-order valence-electron chi connectivity index (χ2n) is 3.85. The Bertz CT molecular complexity index is 696. The van der Waals surface area contributed by atoms with E-state index in [9.17, 15) is 13.2 Å². The molecule has 0 spiro atoms. The van der Waals surface area contributed by atoms with Gasteiger partial charge in [-0.15, -0.1) is 11.3 Å². The van der Waals surface area contributed by atoms with Crippen LogP contribution in [0.3, 0.4) is 0 Å². The molecule has 0 fully saturated rings. The fourth-order valence-electron chi connectivity index (χ4n) is 1.48. The van der Waals surface area contributed by atoms with Gasteiger partial charge in [0.1, 0.15) is 10.3 Å². The Morgan fingerprint density at radius 3 is 2.80 bits per heavy atom. The lowest BCUT2D eigenvalue weighted by atomic mass is 10.2. The van der Waals surface area contributed by atoms with Crippen LogP contribution in [0, 0.1) is 0 Å². The van der Waals surface area contributed by atoms with E-state index in [4.69, 9.17) is 16.7 Å². The number of carboxylic acid groups (broad SMARTS) is 1. The zero-order valence-corrected chi connectivity index (χ0v) is 12.3. The van der Waals surface area contributed by atoms with E-state index < -0.39 is 22.0 Å². The highest BCUT2D eigenvalue weighted by Crippen LogP contribution is 2.25. The van der Waals surface area contributed by atoms with Gasteiger partial charge in [-0.25, -0.2) is 13.4 Å². The standard InChI is InChI=1S/C10H10ClN3O4S2/c11-8-1-2-9(19-8)20(17,18)14-7(10(15)16)3-6-4-12-5-13-6/h1-2,4-5,7,14H,3H2,(H,12,13)(H,15,16). The molecule has 0 aliphatic heterocycles. The van der Waals surface area contributed by atoms with E-state index >= 15 is 0 Å². The van der Waals surface area contributed by atoms with Crippen LogP contribution in [0.4, 0.5) is 0 Å². The lowest BCUT2D eigenvalue weighted by Crippen LogP contribution is -2.42. The molecule has 0 aliphatic rings. The molecule has 0 aliphatic carbocycles. The van der Waals surface area contributed by atoms with Gasteiger partial charge in [0, 0.05) is 18.3 Å². The Balaban J connectivity index is 2.17. The summed E-state index contributed by atoms with van der Waals surface area (Å²) in [6.45, 7) is 0. The molecule has 0 radical (unpaired) electrons. The number of hydrogen-bond donors (Lipinski definition) is 3. The van der Waals surface area contributed by atoms with Gasteiger partial charge in [-0.2, -0.15) is 4.72 Å². The number of imidazole rings is 1. The van der Waals surface area contributed by atoms with Crippen molar-refractivity contribution in [3.05, 3.63) is 34.7 Å². The monoisotopic (exact) mass is 335 g/mol. The smallest absolute Gasteiger partial charge is 0.322 e. The van der Waals surface area contributed by atoms with Gasteiger partial charge >= 0.3 is 5.97 Å². The molecule has 10 heteroatoms. The van der Waals surface area contributed by atoms with Gasteiger partial charge in [0.25, 0.3) is 10.0 Å². The average Bonchev–Trinajstić information content (AvgIpc) is 2.99. The number of hydrogen-bond acceptors (Lipinski definition) is 5. The Hall–Kier alpha value is -1.42. The van der Waals surface area contributed by atoms with Crippen LogP contribution >= 0.6 is 22.9 Å². The molecule has 108 valence electrons. The largest absolute Gasteiger partial charge is 0.480 e. The topological polar surface area (TPSA) is 112 Å². The van der Waals surface area contributed by atoms with Crippen molar-refractivity contribution >= 4 is 38.9 Å². The number of H-pyrrole nitrogens is 1. The number of sulfonamides is 1. The number of aliphatic carboxylic acids is 1. The maximum atomic E-state index is 12.0. The van der Waals surface area contributed by atoms with Crippen LogP contribution in [0.5, 0.6) is 0 Å². The van der Waals surface area contributed by atoms with Gasteiger partial charge in [-0.1, -0.05) is 11.6 Å². The van der Waals surface area contributed by atoms with E-state index in [0.717, 1.165) is 11.3 Å². The molecular formula is C10H10ClN3O4S2. The molecule has 20 heavy (non-hydrogen) atoms. The first kappa shape index (κ1) is 15.0. The van der Waals surface area contributed by atoms with Crippen LogP contribution in [0.25, 0.3) is 0 Å². The van der Waals surface area contributed by atoms with E-state index in [2.05, 4.69) is 14.7 Å². The lowest BCUT2D eigenvalue weighted by Gasteiger charge is -2.12. The minimum absolute atomic E-state index is 0.0293. The number of nitrogens with zero attached hydrogens (tertiary/aromatic N) is 1. The Morgan fingerprint density at radius 2 is 2.30 bits per heavy atom. The lowest BCUT2D eigenvalue weighted by molar-refractivity contribution is -0.138. The molecule has 2 heterocycles. The van der Waals surface area contributed by atoms with Gasteiger partial charge in [0.15, 0.2) is 0 Å². The number of carboxylic acids is 1. The van der Waals surface area contributed by atoms with Crippen LogP contribution in [-0.2, 0) is 21.2 Å². The number of carbonyl (C=O) groups is 1. The highest BCUT2D eigenvalue weighted by Gasteiger charge is 2.27. The second-order valence-corrected chi connectivity index (χ2v) is 7.51. The molecule has 0 saturated heterocycles. The summed E-state index contributed by atoms with van der Waals surface area (Å²) >= 11 is 6.54. The Morgan fingerprint density at radius 1 is 1.55 bits per heavy atom. The normalized spacial score (nSPS) is 13.2. The second kappa shape index (κ2) is 5.92. The molecule has 1 atom stereocenters. The first-order chi connectivity index (χ1) is 9.38. The molecule has 7 nitrogen and oxygen atoms in total. The summed E-state index contributed by atoms with van der Waals surface area (Å²) in [4.78, 5) is 17.6. The molecule has 2 rings (SSSR count). The molecule has 0 bridgehead atoms. The first-order valence-corrected chi connectivity index (χ1v) is 8.04. The minimum atomic E-state index is -3.92. The van der Waals surface area contributed by atoms with Crippen molar-refractivity contribution in [3.63, 3.8) is 0 Å². The van der Waals surface area contributed by atoms with Gasteiger partial charge in [-0.05, 0) is 12.1 Å². The van der Waals surface area contributed by atoms with Gasteiger partial charge < -0.3 is 10.1 Å². The van der Waals surface area contributed by atoms with E-state index in [1.807, 2.05) is 0 Å². The van der Waals surface area contributed by atoms with E-state index in [1.165, 1.54) is 24.7 Å². The molecule has 0 saturated carbocycles. The highest BCUT2D eigenvalue weighted by molar-refractivity contribution is 7.91. The van der Waals surface area contributed by atoms with Gasteiger partial charge in [-0.3, -0.25) is 4.79 Å². The molecule has 0 aromatic carbocycles. The molecule has 0 amide bonds. The van der Waals surface area contributed by atoms with Crippen molar-refractivity contribution in [1.82, 2.24) is 14.7 Å². The van der Waals surface area contributed by atoms with Crippen LogP contribution < -0.4 is 4.72 Å². The van der Waals surface area contributed by atoms with Crippen LogP contribution in [0.2, 0.25) is 4.34 Å². The van der Waals surface area contributed by atoms with E-state index in [0.29, 0.717) is 10.0 Å². The fourth-order valence-corrected chi connectivity index (χ4v) is 4.17. The fraction of sp³-hybridized carbons (Fsp3) is 0.200. The molecule has 1 unspecified atom stereocenters. The number of halogens is 1. The van der Waals surface area contributed by atoms with Crippen molar-refractivity contribution < 1.29 is 18.3 Å². The number of aromatic amines is 1. The summed E-state index contributed by atoms with van der Waals surface area (Å²) in [5.41, 5.74) is 0.518. The third-order valence-electron chi connectivity index (χ3n) is 2.39. The summed E-state index contributed by atoms with van der Waals surface area (Å²) in [7, 11) is -3.92. The third-order valence-corrected chi connectivity index (χ3v) is 5.58. The quantitative estimate of drug-likeness (QED) is 0.731. The van der Waals surface area contributed by atoms with Gasteiger partial charge in [0.05, 0.1) is 10.7 Å². The van der Waals surface area contributed by atoms with Crippen molar-refractivity contribution in [2.45, 2.75) is 16.7 Å². The summed E-state index contributed by atoms with van der Waals surface area (Å²) in [5.74, 6) is -1.27. The van der Waals surface area contributed by atoms with Crippen molar-refractivity contribution in [1.29, 1.82) is 0 Å². The molecular weight excluding hydrogens is 326 g/mol. The van der Waals surface area contributed by atoms with Crippen LogP contribution in [0.15, 0.2) is 28.9 Å².